The summed E-state index contributed by atoms with van der Waals surface area (Å²) in [5.41, 5.74) is 5.95. The molecule has 0 bridgehead atoms. The van der Waals surface area contributed by atoms with Crippen molar-refractivity contribution < 1.29 is 14.5 Å². The molecule has 0 aromatic heterocycles. The lowest BCUT2D eigenvalue weighted by Crippen LogP contribution is -2.42. The lowest BCUT2D eigenvalue weighted by molar-refractivity contribution is -0.384. The van der Waals surface area contributed by atoms with Crippen molar-refractivity contribution in [2.24, 2.45) is 0 Å². The van der Waals surface area contributed by atoms with Gasteiger partial charge in [-0.3, -0.25) is 30.6 Å². The van der Waals surface area contributed by atoms with Crippen molar-refractivity contribution in [3.8, 4) is 0 Å². The van der Waals surface area contributed by atoms with Gasteiger partial charge in [0.05, 0.1) is 10.7 Å². The predicted molar refractivity (Wildman–Crippen MR) is 100.0 cm³/mol. The van der Waals surface area contributed by atoms with E-state index in [0.29, 0.717) is 5.92 Å². The number of nitro groups is 1. The average molecular weight is 373 g/mol. The average Bonchev–Trinajstić information content (AvgIpc) is 2.64. The number of carbonyl (C=O) groups is 2. The minimum absolute atomic E-state index is 0.106. The topological polar surface area (TPSA) is 101 Å². The fraction of sp³-hybridized carbons (Fsp3) is 0.222. The number of thioether (sulfide) groups is 1. The van der Waals surface area contributed by atoms with Gasteiger partial charge in [-0.2, -0.15) is 0 Å². The van der Waals surface area contributed by atoms with E-state index in [2.05, 4.69) is 24.7 Å². The van der Waals surface area contributed by atoms with Crippen LogP contribution in [0.15, 0.2) is 53.4 Å². The van der Waals surface area contributed by atoms with Crippen LogP contribution in [0, 0.1) is 10.1 Å². The molecule has 0 aliphatic carbocycles. The van der Waals surface area contributed by atoms with E-state index in [1.807, 2.05) is 24.3 Å². The zero-order valence-corrected chi connectivity index (χ0v) is 15.2. The highest BCUT2D eigenvalue weighted by Gasteiger charge is 2.10. The number of benzene rings is 2. The first-order chi connectivity index (χ1) is 12.4. The van der Waals surface area contributed by atoms with Gasteiger partial charge >= 0.3 is 0 Å². The molecule has 2 rings (SSSR count). The zero-order chi connectivity index (χ0) is 19.1. The number of carbonyl (C=O) groups excluding carboxylic acids is 2. The normalized spacial score (nSPS) is 10.4. The van der Waals surface area contributed by atoms with Gasteiger partial charge in [-0.15, -0.1) is 11.8 Å². The largest absolute Gasteiger partial charge is 0.272 e. The number of hydrogen-bond donors (Lipinski definition) is 2. The van der Waals surface area contributed by atoms with Gasteiger partial charge in [0.2, 0.25) is 5.91 Å². The molecule has 8 heteroatoms. The Balaban J connectivity index is 1.78. The lowest BCUT2D eigenvalue weighted by Gasteiger charge is -2.08. The van der Waals surface area contributed by atoms with Gasteiger partial charge in [-0.05, 0) is 35.7 Å². The molecule has 2 aromatic carbocycles. The van der Waals surface area contributed by atoms with Crippen molar-refractivity contribution in [2.75, 3.05) is 5.75 Å². The fourth-order valence-corrected chi connectivity index (χ4v) is 2.77. The van der Waals surface area contributed by atoms with E-state index in [1.165, 1.54) is 41.6 Å². The molecule has 0 fully saturated rings. The van der Waals surface area contributed by atoms with Crippen molar-refractivity contribution in [3.05, 3.63) is 69.8 Å². The SMILES string of the molecule is CC(C)c1ccc(SCC(=O)NNC(=O)c2ccc([N+](=O)[O-])cc2)cc1. The number of non-ortho nitro benzene ring substituents is 1. The molecule has 7 nitrogen and oxygen atoms in total. The summed E-state index contributed by atoms with van der Waals surface area (Å²) in [6.07, 6.45) is 0. The van der Waals surface area contributed by atoms with Crippen molar-refractivity contribution >= 4 is 29.3 Å². The maximum absolute atomic E-state index is 11.9. The van der Waals surface area contributed by atoms with E-state index in [-0.39, 0.29) is 22.9 Å². The molecule has 0 saturated carbocycles. The van der Waals surface area contributed by atoms with Crippen LogP contribution in [0.3, 0.4) is 0 Å². The number of hydrogen-bond acceptors (Lipinski definition) is 5. The summed E-state index contributed by atoms with van der Waals surface area (Å²) in [6.45, 7) is 4.23. The Morgan fingerprint density at radius 2 is 1.65 bits per heavy atom. The summed E-state index contributed by atoms with van der Waals surface area (Å²) in [7, 11) is 0. The summed E-state index contributed by atoms with van der Waals surface area (Å²) in [4.78, 5) is 34.7. The monoisotopic (exact) mass is 373 g/mol. The Bertz CT molecular complexity index is 789. The number of rotatable bonds is 6. The summed E-state index contributed by atoms with van der Waals surface area (Å²) < 4.78 is 0. The van der Waals surface area contributed by atoms with Gasteiger partial charge in [-0.1, -0.05) is 26.0 Å². The smallest absolute Gasteiger partial charge is 0.269 e. The number of nitrogens with zero attached hydrogens (tertiary/aromatic N) is 1. The van der Waals surface area contributed by atoms with Gasteiger partial charge in [0.25, 0.3) is 11.6 Å². The Hall–Kier alpha value is -2.87. The van der Waals surface area contributed by atoms with Crippen LogP contribution in [0.25, 0.3) is 0 Å². The highest BCUT2D eigenvalue weighted by molar-refractivity contribution is 8.00. The third-order valence-corrected chi connectivity index (χ3v) is 4.58. The lowest BCUT2D eigenvalue weighted by atomic mass is 10.0. The van der Waals surface area contributed by atoms with E-state index in [0.717, 1.165) is 4.90 Å². The van der Waals surface area contributed by atoms with Gasteiger partial charge in [0.15, 0.2) is 0 Å². The van der Waals surface area contributed by atoms with Crippen molar-refractivity contribution in [1.29, 1.82) is 0 Å². The molecule has 0 aliphatic heterocycles. The van der Waals surface area contributed by atoms with Crippen molar-refractivity contribution in [3.63, 3.8) is 0 Å². The number of hydrazine groups is 1. The summed E-state index contributed by atoms with van der Waals surface area (Å²) in [6, 6.07) is 13.1. The van der Waals surface area contributed by atoms with Crippen molar-refractivity contribution in [1.82, 2.24) is 10.9 Å². The molecule has 0 saturated heterocycles. The Labute approximate surface area is 155 Å². The molecule has 136 valence electrons. The summed E-state index contributed by atoms with van der Waals surface area (Å²) >= 11 is 1.36. The van der Waals surface area contributed by atoms with Gasteiger partial charge < -0.3 is 0 Å². The van der Waals surface area contributed by atoms with Gasteiger partial charge in [-0.25, -0.2) is 0 Å². The van der Waals surface area contributed by atoms with E-state index in [9.17, 15) is 19.7 Å². The van der Waals surface area contributed by atoms with E-state index < -0.39 is 10.8 Å². The summed E-state index contributed by atoms with van der Waals surface area (Å²) in [5.74, 6) is -0.286. The standard InChI is InChI=1S/C18H19N3O4S/c1-12(2)13-5-9-16(10-6-13)26-11-17(22)19-20-18(23)14-3-7-15(8-4-14)21(24)25/h3-10,12H,11H2,1-2H3,(H,19,22)(H,20,23). The van der Waals surface area contributed by atoms with Crippen LogP contribution in [0.2, 0.25) is 0 Å². The Morgan fingerprint density at radius 3 is 2.19 bits per heavy atom. The first-order valence-electron chi connectivity index (χ1n) is 7.93. The maximum Gasteiger partial charge on any atom is 0.269 e. The van der Waals surface area contributed by atoms with Crippen LogP contribution in [-0.4, -0.2) is 22.5 Å². The molecule has 0 atom stereocenters. The van der Waals surface area contributed by atoms with Crippen LogP contribution >= 0.6 is 11.8 Å². The molecule has 0 radical (unpaired) electrons. The quantitative estimate of drug-likeness (QED) is 0.460. The van der Waals surface area contributed by atoms with Crippen LogP contribution < -0.4 is 10.9 Å². The second kappa shape index (κ2) is 9.00. The third kappa shape index (κ3) is 5.59. The van der Waals surface area contributed by atoms with Crippen LogP contribution in [0.1, 0.15) is 35.7 Å². The second-order valence-corrected chi connectivity index (χ2v) is 6.87. The minimum atomic E-state index is -0.547. The maximum atomic E-state index is 11.9. The molecule has 26 heavy (non-hydrogen) atoms. The van der Waals surface area contributed by atoms with Crippen molar-refractivity contribution in [2.45, 2.75) is 24.7 Å². The number of nitrogens with one attached hydrogen (secondary N) is 2. The predicted octanol–water partition coefficient (Wildman–Crippen LogP) is 3.27. The van der Waals surface area contributed by atoms with E-state index in [1.54, 1.807) is 0 Å². The second-order valence-electron chi connectivity index (χ2n) is 5.82. The van der Waals surface area contributed by atoms with Gasteiger partial charge in [0, 0.05) is 22.6 Å². The van der Waals surface area contributed by atoms with E-state index >= 15 is 0 Å². The van der Waals surface area contributed by atoms with Crippen LogP contribution in [-0.2, 0) is 4.79 Å². The fourth-order valence-electron chi connectivity index (χ4n) is 2.07. The molecule has 0 aliphatic rings. The molecule has 2 N–H and O–H groups in total. The molecular formula is C18H19N3O4S. The molecule has 0 unspecified atom stereocenters. The van der Waals surface area contributed by atoms with Crippen LogP contribution in [0.4, 0.5) is 5.69 Å². The van der Waals surface area contributed by atoms with E-state index in [4.69, 9.17) is 0 Å². The third-order valence-electron chi connectivity index (χ3n) is 3.57. The first kappa shape index (κ1) is 19.5. The highest BCUT2D eigenvalue weighted by atomic mass is 32.2. The Kier molecular flexibility index (Phi) is 6.74. The van der Waals surface area contributed by atoms with Gasteiger partial charge in [0.1, 0.15) is 0 Å². The summed E-state index contributed by atoms with van der Waals surface area (Å²) in [5, 5.41) is 10.6. The Morgan fingerprint density at radius 1 is 1.04 bits per heavy atom. The molecule has 2 aromatic rings. The number of nitro benzene ring substituents is 1. The molecular weight excluding hydrogens is 354 g/mol. The van der Waals surface area contributed by atoms with Crippen LogP contribution in [0.5, 0.6) is 0 Å². The number of amides is 2. The molecule has 0 heterocycles. The molecule has 2 amide bonds. The molecule has 0 spiro atoms. The highest BCUT2D eigenvalue weighted by Crippen LogP contribution is 2.21. The minimum Gasteiger partial charge on any atom is -0.272 e. The first-order valence-corrected chi connectivity index (χ1v) is 8.92. The zero-order valence-electron chi connectivity index (χ0n) is 14.4.